The van der Waals surface area contributed by atoms with Gasteiger partial charge in [-0.1, -0.05) is 0 Å². The molecule has 115 valence electrons. The standard InChI is InChI=1S/C9H12N.C5H5.C2H7Si.2ClH.Ti/c1-7(2)8-5-3-4-6-9(8)10;1-2-4-5-3-1;1-3-2;;;/h3-7,10H,1-2H3;1-3H,4H2;3H,1-2H3;2*1H;/q-1;;;;;+3/p-2. The second-order valence-electron chi connectivity index (χ2n) is 5.76. The van der Waals surface area contributed by atoms with E-state index in [9.17, 15) is 0 Å². The number of anilines is 1. The monoisotopic (exact) mass is 376 g/mol. The van der Waals surface area contributed by atoms with E-state index in [-0.39, 0.29) is 24.8 Å². The molecule has 1 aromatic carbocycles. The van der Waals surface area contributed by atoms with Gasteiger partial charge in [0.2, 0.25) is 0 Å². The van der Waals surface area contributed by atoms with E-state index < -0.39 is 24.0 Å². The van der Waals surface area contributed by atoms with Crippen molar-refractivity contribution < 1.29 is 42.2 Å². The van der Waals surface area contributed by atoms with Gasteiger partial charge in [-0.15, -0.1) is 0 Å². The van der Waals surface area contributed by atoms with Crippen LogP contribution in [0.5, 0.6) is 0 Å². The molecule has 0 fully saturated rings. The van der Waals surface area contributed by atoms with E-state index in [1.165, 1.54) is 17.7 Å². The van der Waals surface area contributed by atoms with Gasteiger partial charge in [-0.3, -0.25) is 0 Å². The Morgan fingerprint density at radius 3 is 2.33 bits per heavy atom. The molecule has 0 atom stereocenters. The molecular formula is C16H24Cl2NSiTi. The van der Waals surface area contributed by atoms with Crippen LogP contribution >= 0.6 is 0 Å². The Morgan fingerprint density at radius 2 is 1.81 bits per heavy atom. The molecule has 2 rings (SSSR count). The van der Waals surface area contributed by atoms with Crippen molar-refractivity contribution in [2.75, 3.05) is 3.80 Å². The van der Waals surface area contributed by atoms with Gasteiger partial charge in [0, 0.05) is 0 Å². The molecule has 0 spiro atoms. The molecule has 0 heterocycles. The topological polar surface area (TPSA) is 12.0 Å². The van der Waals surface area contributed by atoms with Crippen LogP contribution in [-0.4, -0.2) is 6.66 Å². The third kappa shape index (κ3) is 5.61. The van der Waals surface area contributed by atoms with Crippen LogP contribution in [0.4, 0.5) is 5.69 Å². The van der Waals surface area contributed by atoms with E-state index in [1.54, 1.807) is 3.88 Å². The predicted octanol–water partition coefficient (Wildman–Crippen LogP) is -1.41. The van der Waals surface area contributed by atoms with Gasteiger partial charge in [0.15, 0.2) is 0 Å². The molecule has 1 aromatic rings. The third-order valence-corrected chi connectivity index (χ3v) is 14.7. The van der Waals surface area contributed by atoms with Crippen LogP contribution in [0.1, 0.15) is 31.7 Å². The minimum atomic E-state index is -1.27. The summed E-state index contributed by atoms with van der Waals surface area (Å²) in [6.45, 7) is 8.95. The average Bonchev–Trinajstić information content (AvgIpc) is 2.89. The SMILES string of the molecule is CC(C)c1ccccc1[NH][Ti+2]([C]1=CC=CC1)[SiH](C)C.[Cl-].[Cl-]. The van der Waals surface area contributed by atoms with Crippen LogP contribution < -0.4 is 28.6 Å². The van der Waals surface area contributed by atoms with E-state index in [2.05, 4.69) is 73.2 Å². The summed E-state index contributed by atoms with van der Waals surface area (Å²) in [6, 6.07) is 8.85. The van der Waals surface area contributed by atoms with E-state index >= 15 is 0 Å². The molecule has 0 aliphatic heterocycles. The Morgan fingerprint density at radius 1 is 1.14 bits per heavy atom. The fraction of sp³-hybridized carbons (Fsp3) is 0.375. The van der Waals surface area contributed by atoms with Gasteiger partial charge >= 0.3 is 125 Å². The van der Waals surface area contributed by atoms with Crippen molar-refractivity contribution in [1.29, 1.82) is 0 Å². The first-order chi connectivity index (χ1) is 9.09. The number of allylic oxidation sites excluding steroid dienone is 4. The maximum absolute atomic E-state index is 3.99. The van der Waals surface area contributed by atoms with Gasteiger partial charge in [0.1, 0.15) is 0 Å². The zero-order chi connectivity index (χ0) is 13.8. The molecule has 21 heavy (non-hydrogen) atoms. The summed E-state index contributed by atoms with van der Waals surface area (Å²) in [5, 5.41) is 0. The summed E-state index contributed by atoms with van der Waals surface area (Å²) in [5.41, 5.74) is 2.86. The first-order valence-corrected chi connectivity index (χ1v) is 14.3. The van der Waals surface area contributed by atoms with Crippen LogP contribution in [0.15, 0.2) is 46.4 Å². The molecule has 0 radical (unpaired) electrons. The van der Waals surface area contributed by atoms with Gasteiger partial charge in [-0.05, 0) is 0 Å². The number of para-hydroxylation sites is 1. The van der Waals surface area contributed by atoms with Crippen LogP contribution in [0.3, 0.4) is 0 Å². The van der Waals surface area contributed by atoms with Crippen molar-refractivity contribution in [3.8, 4) is 0 Å². The molecule has 0 bridgehead atoms. The summed E-state index contributed by atoms with van der Waals surface area (Å²) in [4.78, 5) is 0. The second-order valence-corrected chi connectivity index (χ2v) is 18.5. The van der Waals surface area contributed by atoms with Gasteiger partial charge in [-0.2, -0.15) is 0 Å². The van der Waals surface area contributed by atoms with Gasteiger partial charge < -0.3 is 24.8 Å². The predicted molar refractivity (Wildman–Crippen MR) is 84.9 cm³/mol. The van der Waals surface area contributed by atoms with Crippen molar-refractivity contribution in [3.63, 3.8) is 0 Å². The molecule has 5 heteroatoms. The van der Waals surface area contributed by atoms with Gasteiger partial charge in [0.05, 0.1) is 0 Å². The zero-order valence-corrected chi connectivity index (χ0v) is 17.4. The quantitative estimate of drug-likeness (QED) is 0.622. The summed E-state index contributed by atoms with van der Waals surface area (Å²) < 4.78 is 5.71. The number of hydrogen-bond donors (Lipinski definition) is 1. The van der Waals surface area contributed by atoms with E-state index in [0.717, 1.165) is 0 Å². The summed E-state index contributed by atoms with van der Waals surface area (Å²) in [5.74, 6) is 0.590. The smallest absolute Gasteiger partial charge is 1.00 e. The van der Waals surface area contributed by atoms with Crippen molar-refractivity contribution in [3.05, 3.63) is 51.9 Å². The Bertz CT molecular complexity index is 501. The van der Waals surface area contributed by atoms with Crippen LogP contribution in [0, 0.1) is 0 Å². The van der Waals surface area contributed by atoms with Crippen LogP contribution in [0.2, 0.25) is 13.1 Å². The van der Waals surface area contributed by atoms with Crippen molar-refractivity contribution in [2.24, 2.45) is 0 Å². The molecule has 1 N–H and O–H groups in total. The second kappa shape index (κ2) is 9.91. The molecule has 1 aliphatic rings. The summed E-state index contributed by atoms with van der Waals surface area (Å²) in [7, 11) is 0. The molecule has 0 saturated carbocycles. The number of nitrogens with one attached hydrogen (secondary N) is 1. The number of rotatable bonds is 5. The molecule has 0 amide bonds. The van der Waals surface area contributed by atoms with Crippen molar-refractivity contribution in [1.82, 2.24) is 0 Å². The molecular weight excluding hydrogens is 353 g/mol. The van der Waals surface area contributed by atoms with E-state index in [1.807, 2.05) is 0 Å². The fourth-order valence-electron chi connectivity index (χ4n) is 2.50. The number of halogens is 2. The maximum atomic E-state index is 3.99. The van der Waals surface area contributed by atoms with Gasteiger partial charge in [0.25, 0.3) is 0 Å². The molecule has 0 aromatic heterocycles. The van der Waals surface area contributed by atoms with E-state index in [0.29, 0.717) is 5.92 Å². The third-order valence-electron chi connectivity index (χ3n) is 3.55. The summed E-state index contributed by atoms with van der Waals surface area (Å²) >= 11 is -1.27. The van der Waals surface area contributed by atoms with Crippen LogP contribution in [0.25, 0.3) is 0 Å². The minimum Gasteiger partial charge on any atom is -1.00 e. The average molecular weight is 377 g/mol. The number of hydrogen-bond acceptors (Lipinski definition) is 1. The normalized spacial score (nSPS) is 12.8. The van der Waals surface area contributed by atoms with Gasteiger partial charge in [-0.25, -0.2) is 0 Å². The molecule has 0 saturated heterocycles. The molecule has 1 aliphatic carbocycles. The first-order valence-electron chi connectivity index (χ1n) is 7.18. The molecule has 1 nitrogen and oxygen atoms in total. The largest absolute Gasteiger partial charge is 1.00 e. The summed E-state index contributed by atoms with van der Waals surface area (Å²) in [6.07, 6.45) is 8.09. The van der Waals surface area contributed by atoms with Crippen molar-refractivity contribution in [2.45, 2.75) is 39.3 Å². The Balaban J connectivity index is 0.00000200. The Hall–Kier alpha value is 0.0112. The zero-order valence-electron chi connectivity index (χ0n) is 13.2. The number of benzene rings is 1. The van der Waals surface area contributed by atoms with Crippen LogP contribution in [-0.2, 0) is 17.4 Å². The Labute approximate surface area is 149 Å². The minimum absolute atomic E-state index is 0. The maximum Gasteiger partial charge on any atom is -1.00 e. The van der Waals surface area contributed by atoms with Crippen molar-refractivity contribution >= 4 is 12.4 Å². The van der Waals surface area contributed by atoms with E-state index in [4.69, 9.17) is 0 Å². The molecule has 0 unspecified atom stereocenters. The fourth-order valence-corrected chi connectivity index (χ4v) is 11.9. The first kappa shape index (κ1) is 21.0. The Kier molecular flexibility index (Phi) is 9.92.